The number of benzene rings is 2. The van der Waals surface area contributed by atoms with E-state index in [1.54, 1.807) is 0 Å². The van der Waals surface area contributed by atoms with Crippen LogP contribution in [0.25, 0.3) is 11.1 Å². The summed E-state index contributed by atoms with van der Waals surface area (Å²) in [6.07, 6.45) is 0.604. The van der Waals surface area contributed by atoms with E-state index in [2.05, 4.69) is 25.3 Å². The molecule has 0 saturated heterocycles. The number of hydrogen-bond acceptors (Lipinski definition) is 4. The van der Waals surface area contributed by atoms with Gasteiger partial charge in [-0.3, -0.25) is 0 Å². The molecule has 8 heteroatoms. The molecule has 0 aliphatic rings. The molecule has 22 heavy (non-hydrogen) atoms. The molecule has 2 aromatic rings. The predicted octanol–water partition coefficient (Wildman–Crippen LogP) is 2.69. The van der Waals surface area contributed by atoms with Crippen LogP contribution in [0.5, 0.6) is 0 Å². The number of nitrogens with two attached hydrogens (primary N) is 1. The van der Waals surface area contributed by atoms with E-state index in [1.807, 2.05) is 42.5 Å². The third-order valence-corrected chi connectivity index (χ3v) is 2.78. The Labute approximate surface area is 151 Å². The summed E-state index contributed by atoms with van der Waals surface area (Å²) in [5.74, 6) is 0. The molecule has 0 radical (unpaired) electrons. The second-order valence-electron chi connectivity index (χ2n) is 3.84. The Morgan fingerprint density at radius 1 is 1.05 bits per heavy atom. The van der Waals surface area contributed by atoms with Crippen LogP contribution in [-0.2, 0) is 29.3 Å². The Hall–Kier alpha value is -0.608. The predicted molar refractivity (Wildman–Crippen MR) is 88.1 cm³/mol. The SMILES string of the molecule is CS(=O)(=O)[O-].ClCCl.Nc1ccccc1-c1cccc[c]1[Pd+]. The van der Waals surface area contributed by atoms with E-state index in [1.165, 1.54) is 0 Å². The molecule has 0 spiro atoms. The minimum atomic E-state index is -3.92. The van der Waals surface area contributed by atoms with Crippen LogP contribution in [0.2, 0.25) is 0 Å². The first-order valence-corrected chi connectivity index (χ1v) is 9.46. The zero-order valence-electron chi connectivity index (χ0n) is 11.6. The van der Waals surface area contributed by atoms with E-state index in [0.29, 0.717) is 6.26 Å². The summed E-state index contributed by atoms with van der Waals surface area (Å²) in [5.41, 5.74) is 8.94. The fourth-order valence-corrected chi connectivity index (χ4v) is 1.89. The molecule has 2 rings (SSSR count). The van der Waals surface area contributed by atoms with Gasteiger partial charge in [0.15, 0.2) is 0 Å². The standard InChI is InChI=1S/C12H10N.CH2Cl2.CH4O3S.Pd/c13-12-9-5-4-8-11(12)10-6-2-1-3-7-10;2-1-3;1-5(2,3)4;/h1-6,8-9H,13H2;1H2;1H3,(H,2,3,4);/q;;;+1/p-1. The quantitative estimate of drug-likeness (QED) is 0.311. The maximum absolute atomic E-state index is 9.08. The summed E-state index contributed by atoms with van der Waals surface area (Å²) in [6, 6.07) is 16.0. The number of halogens is 2. The van der Waals surface area contributed by atoms with Crippen molar-refractivity contribution < 1.29 is 32.2 Å². The molecule has 2 aromatic carbocycles. The number of alkyl halides is 2. The van der Waals surface area contributed by atoms with Crippen LogP contribution < -0.4 is 9.77 Å². The van der Waals surface area contributed by atoms with Crippen LogP contribution >= 0.6 is 23.2 Å². The van der Waals surface area contributed by atoms with Crippen LogP contribution in [-0.4, -0.2) is 24.6 Å². The van der Waals surface area contributed by atoms with Crippen LogP contribution in [0, 0.1) is 0 Å². The fraction of sp³-hybridized carbons (Fsp3) is 0.143. The van der Waals surface area contributed by atoms with Gasteiger partial charge in [0.05, 0.1) is 15.5 Å². The van der Waals surface area contributed by atoms with Gasteiger partial charge >= 0.3 is 94.3 Å². The zero-order valence-corrected chi connectivity index (χ0v) is 15.5. The average Bonchev–Trinajstić information content (AvgIpc) is 2.39. The van der Waals surface area contributed by atoms with Gasteiger partial charge in [-0.15, -0.1) is 23.2 Å². The number of nitrogen functional groups attached to an aromatic ring is 1. The van der Waals surface area contributed by atoms with Crippen LogP contribution in [0.1, 0.15) is 0 Å². The van der Waals surface area contributed by atoms with E-state index in [-0.39, 0.29) is 5.34 Å². The number of rotatable bonds is 1. The van der Waals surface area contributed by atoms with Gasteiger partial charge < -0.3 is 4.55 Å². The first-order chi connectivity index (χ1) is 10.2. The number of anilines is 1. The molecule has 0 unspecified atom stereocenters. The van der Waals surface area contributed by atoms with Crippen molar-refractivity contribution in [2.24, 2.45) is 0 Å². The zero-order chi connectivity index (χ0) is 17.2. The molecule has 0 aliphatic carbocycles. The molecular formula is C14H15Cl2NO3PdS. The fourth-order valence-electron chi connectivity index (χ4n) is 1.40. The van der Waals surface area contributed by atoms with Gasteiger partial charge in [-0.25, -0.2) is 8.42 Å². The van der Waals surface area contributed by atoms with Crippen molar-refractivity contribution in [1.29, 1.82) is 0 Å². The second kappa shape index (κ2) is 11.0. The molecule has 0 aromatic heterocycles. The van der Waals surface area contributed by atoms with E-state index in [9.17, 15) is 0 Å². The van der Waals surface area contributed by atoms with E-state index in [4.69, 9.17) is 41.9 Å². The minimum absolute atomic E-state index is 0.194. The summed E-state index contributed by atoms with van der Waals surface area (Å²) >= 11 is 12.8. The van der Waals surface area contributed by atoms with E-state index >= 15 is 0 Å². The third kappa shape index (κ3) is 10.2. The van der Waals surface area contributed by atoms with Crippen molar-refractivity contribution in [3.63, 3.8) is 0 Å². The van der Waals surface area contributed by atoms with Crippen LogP contribution in [0.3, 0.4) is 0 Å². The Morgan fingerprint density at radius 2 is 1.41 bits per heavy atom. The van der Waals surface area contributed by atoms with E-state index < -0.39 is 10.1 Å². The monoisotopic (exact) mass is 453 g/mol. The van der Waals surface area contributed by atoms with Gasteiger partial charge in [-0.05, 0) is 0 Å². The maximum atomic E-state index is 9.08. The van der Waals surface area contributed by atoms with Crippen molar-refractivity contribution in [2.45, 2.75) is 0 Å². The van der Waals surface area contributed by atoms with E-state index in [0.717, 1.165) is 20.9 Å². The van der Waals surface area contributed by atoms with Crippen molar-refractivity contribution in [1.82, 2.24) is 0 Å². The molecule has 2 N–H and O–H groups in total. The summed E-state index contributed by atoms with van der Waals surface area (Å²) in [7, 11) is -3.92. The summed E-state index contributed by atoms with van der Waals surface area (Å²) in [5, 5.41) is 0.194. The molecule has 0 amide bonds. The third-order valence-electron chi connectivity index (χ3n) is 2.10. The van der Waals surface area contributed by atoms with Gasteiger partial charge in [-0.1, -0.05) is 0 Å². The van der Waals surface area contributed by atoms with Crippen molar-refractivity contribution >= 4 is 43.0 Å². The van der Waals surface area contributed by atoms with Crippen molar-refractivity contribution in [2.75, 3.05) is 17.3 Å². The number of para-hydroxylation sites is 1. The van der Waals surface area contributed by atoms with Crippen molar-refractivity contribution in [3.05, 3.63) is 48.5 Å². The van der Waals surface area contributed by atoms with Gasteiger partial charge in [0, 0.05) is 6.26 Å². The Morgan fingerprint density at radius 3 is 1.82 bits per heavy atom. The summed E-state index contributed by atoms with van der Waals surface area (Å²) in [4.78, 5) is 0. The van der Waals surface area contributed by atoms with Gasteiger partial charge in [-0.2, -0.15) is 0 Å². The molecule has 4 nitrogen and oxygen atoms in total. The second-order valence-corrected chi connectivity index (χ2v) is 6.89. The average molecular weight is 455 g/mol. The Balaban J connectivity index is 0.000000465. The molecule has 0 heterocycles. The number of hydrogen-bond donors (Lipinski definition) is 1. The first-order valence-electron chi connectivity index (χ1n) is 5.79. The van der Waals surface area contributed by atoms with Crippen LogP contribution in [0.4, 0.5) is 5.69 Å². The summed E-state index contributed by atoms with van der Waals surface area (Å²) in [6.45, 7) is 0. The van der Waals surface area contributed by atoms with Crippen molar-refractivity contribution in [3.8, 4) is 11.1 Å². The topological polar surface area (TPSA) is 83.2 Å². The Kier molecular flexibility index (Phi) is 10.7. The molecule has 124 valence electrons. The molecule has 0 fully saturated rings. The summed E-state index contributed by atoms with van der Waals surface area (Å²) < 4.78 is 28.3. The molecule has 0 aliphatic heterocycles. The molecule has 0 bridgehead atoms. The van der Waals surface area contributed by atoms with Gasteiger partial charge in [0.2, 0.25) is 0 Å². The normalized spacial score (nSPS) is 9.91. The van der Waals surface area contributed by atoms with Gasteiger partial charge in [0.1, 0.15) is 0 Å². The van der Waals surface area contributed by atoms with Gasteiger partial charge in [0.25, 0.3) is 0 Å². The molecule has 0 atom stereocenters. The first kappa shape index (κ1) is 21.4. The molecule has 0 saturated carbocycles. The van der Waals surface area contributed by atoms with Crippen LogP contribution in [0.15, 0.2) is 48.5 Å². The molecular weight excluding hydrogens is 440 g/mol. The Bertz CT molecular complexity index is 630.